The molecule has 2 N–H and O–H groups in total. The minimum absolute atomic E-state index is 0.0907. The van der Waals surface area contributed by atoms with Crippen LogP contribution in [0.1, 0.15) is 44.2 Å². The molecule has 1 aromatic carbocycles. The third-order valence-electron chi connectivity index (χ3n) is 3.51. The summed E-state index contributed by atoms with van der Waals surface area (Å²) in [6, 6.07) is 7.00. The summed E-state index contributed by atoms with van der Waals surface area (Å²) in [5.41, 5.74) is 2.26. The first-order chi connectivity index (χ1) is 10.1. The number of carbonyl (C=O) groups is 1. The van der Waals surface area contributed by atoms with Gasteiger partial charge in [0, 0.05) is 24.2 Å². The maximum Gasteiger partial charge on any atom is 0.223 e. The second-order valence-corrected chi connectivity index (χ2v) is 6.04. The molecule has 21 heavy (non-hydrogen) atoms. The van der Waals surface area contributed by atoms with Gasteiger partial charge in [-0.3, -0.25) is 4.79 Å². The Balaban J connectivity index is 1.86. The molecule has 0 aliphatic heterocycles. The van der Waals surface area contributed by atoms with Crippen LogP contribution in [-0.4, -0.2) is 24.6 Å². The lowest BCUT2D eigenvalue weighted by atomic mass is 10.1. The fourth-order valence-corrected chi connectivity index (χ4v) is 2.15. The summed E-state index contributed by atoms with van der Waals surface area (Å²) in [5.74, 6) is 0.998. The Bertz CT molecular complexity index is 482. The molecule has 0 radical (unpaired) electrons. The lowest BCUT2D eigenvalue weighted by molar-refractivity contribution is -0.121. The van der Waals surface area contributed by atoms with Crippen LogP contribution in [-0.2, 0) is 11.3 Å². The van der Waals surface area contributed by atoms with E-state index in [4.69, 9.17) is 4.74 Å². The molecule has 1 aliphatic rings. The maximum absolute atomic E-state index is 11.7. The number of aryl methyl sites for hydroxylation is 1. The molecule has 0 saturated heterocycles. The van der Waals surface area contributed by atoms with E-state index in [1.165, 1.54) is 0 Å². The molecule has 0 aromatic heterocycles. The van der Waals surface area contributed by atoms with Crippen molar-refractivity contribution >= 4 is 5.91 Å². The van der Waals surface area contributed by atoms with Crippen LogP contribution in [0.2, 0.25) is 0 Å². The summed E-state index contributed by atoms with van der Waals surface area (Å²) in [4.78, 5) is 11.7. The Morgan fingerprint density at radius 2 is 2.14 bits per heavy atom. The summed E-state index contributed by atoms with van der Waals surface area (Å²) in [7, 11) is 0. The fourth-order valence-electron chi connectivity index (χ4n) is 2.15. The summed E-state index contributed by atoms with van der Waals surface area (Å²) in [6.45, 7) is 7.50. The monoisotopic (exact) mass is 290 g/mol. The number of hydrogen-bond acceptors (Lipinski definition) is 3. The highest BCUT2D eigenvalue weighted by Gasteiger charge is 2.22. The number of carbonyl (C=O) groups excluding carboxylic acids is 1. The van der Waals surface area contributed by atoms with Crippen LogP contribution in [0, 0.1) is 6.92 Å². The molecule has 0 heterocycles. The number of para-hydroxylation sites is 1. The second-order valence-electron chi connectivity index (χ2n) is 6.04. The van der Waals surface area contributed by atoms with E-state index in [2.05, 4.69) is 30.5 Å². The molecule has 4 nitrogen and oxygen atoms in total. The summed E-state index contributed by atoms with van der Waals surface area (Å²) in [5, 5.41) is 6.38. The SMILES string of the molecule is Cc1cccc(CNC(C)C)c1OCCC(=O)NC1CC1. The van der Waals surface area contributed by atoms with Crippen molar-refractivity contribution in [3.63, 3.8) is 0 Å². The summed E-state index contributed by atoms with van der Waals surface area (Å²) in [6.07, 6.45) is 2.66. The minimum Gasteiger partial charge on any atom is -0.492 e. The van der Waals surface area contributed by atoms with Crippen molar-refractivity contribution < 1.29 is 9.53 Å². The molecule has 2 rings (SSSR count). The Kier molecular flexibility index (Phi) is 5.62. The molecule has 4 heteroatoms. The van der Waals surface area contributed by atoms with Crippen LogP contribution in [0.15, 0.2) is 18.2 Å². The fraction of sp³-hybridized carbons (Fsp3) is 0.588. The van der Waals surface area contributed by atoms with Gasteiger partial charge >= 0.3 is 0 Å². The molecule has 0 unspecified atom stereocenters. The third-order valence-corrected chi connectivity index (χ3v) is 3.51. The molecule has 1 aromatic rings. The third kappa shape index (κ3) is 5.38. The second kappa shape index (κ2) is 7.46. The highest BCUT2D eigenvalue weighted by Crippen LogP contribution is 2.24. The van der Waals surface area contributed by atoms with E-state index < -0.39 is 0 Å². The van der Waals surface area contributed by atoms with Crippen LogP contribution in [0.3, 0.4) is 0 Å². The quantitative estimate of drug-likeness (QED) is 0.773. The Morgan fingerprint density at radius 1 is 1.38 bits per heavy atom. The predicted octanol–water partition coefficient (Wildman–Crippen LogP) is 2.54. The summed E-state index contributed by atoms with van der Waals surface area (Å²) >= 11 is 0. The summed E-state index contributed by atoms with van der Waals surface area (Å²) < 4.78 is 5.87. The van der Waals surface area contributed by atoms with Crippen LogP contribution >= 0.6 is 0 Å². The number of rotatable bonds is 8. The minimum atomic E-state index is 0.0907. The smallest absolute Gasteiger partial charge is 0.223 e. The van der Waals surface area contributed by atoms with Gasteiger partial charge in [-0.05, 0) is 25.3 Å². The number of nitrogens with one attached hydrogen (secondary N) is 2. The predicted molar refractivity (Wildman–Crippen MR) is 84.4 cm³/mol. The average Bonchev–Trinajstić information content (AvgIpc) is 3.22. The zero-order valence-electron chi connectivity index (χ0n) is 13.2. The standard InChI is InChI=1S/C17H26N2O2/c1-12(2)18-11-14-6-4-5-13(3)17(14)21-10-9-16(20)19-15-7-8-15/h4-6,12,15,18H,7-11H2,1-3H3,(H,19,20). The van der Waals surface area contributed by atoms with Gasteiger partial charge in [0.25, 0.3) is 0 Å². The molecule has 1 saturated carbocycles. The van der Waals surface area contributed by atoms with E-state index >= 15 is 0 Å². The maximum atomic E-state index is 11.7. The normalized spacial score (nSPS) is 14.3. The van der Waals surface area contributed by atoms with E-state index in [1.807, 2.05) is 19.1 Å². The largest absolute Gasteiger partial charge is 0.492 e. The number of ether oxygens (including phenoxy) is 1. The number of amides is 1. The zero-order valence-corrected chi connectivity index (χ0v) is 13.2. The molecule has 1 aliphatic carbocycles. The zero-order chi connectivity index (χ0) is 15.2. The first-order valence-electron chi connectivity index (χ1n) is 7.80. The molecule has 0 atom stereocenters. The Labute approximate surface area is 127 Å². The van der Waals surface area contributed by atoms with Crippen molar-refractivity contribution in [2.75, 3.05) is 6.61 Å². The van der Waals surface area contributed by atoms with Gasteiger partial charge in [-0.25, -0.2) is 0 Å². The van der Waals surface area contributed by atoms with Crippen LogP contribution < -0.4 is 15.4 Å². The average molecular weight is 290 g/mol. The number of hydrogen-bond donors (Lipinski definition) is 2. The topological polar surface area (TPSA) is 50.4 Å². The van der Waals surface area contributed by atoms with Gasteiger partial charge < -0.3 is 15.4 Å². The highest BCUT2D eigenvalue weighted by atomic mass is 16.5. The molecule has 116 valence electrons. The van der Waals surface area contributed by atoms with E-state index in [1.54, 1.807) is 0 Å². The van der Waals surface area contributed by atoms with E-state index in [-0.39, 0.29) is 5.91 Å². The molecule has 1 amide bonds. The van der Waals surface area contributed by atoms with Crippen molar-refractivity contribution in [3.05, 3.63) is 29.3 Å². The van der Waals surface area contributed by atoms with Gasteiger partial charge in [-0.15, -0.1) is 0 Å². The van der Waals surface area contributed by atoms with Gasteiger partial charge in [-0.1, -0.05) is 32.0 Å². The van der Waals surface area contributed by atoms with Crippen LogP contribution in [0.4, 0.5) is 0 Å². The lowest BCUT2D eigenvalue weighted by Crippen LogP contribution is -2.27. The van der Waals surface area contributed by atoms with Crippen LogP contribution in [0.25, 0.3) is 0 Å². The Hall–Kier alpha value is -1.55. The van der Waals surface area contributed by atoms with Gasteiger partial charge in [-0.2, -0.15) is 0 Å². The van der Waals surface area contributed by atoms with Crippen molar-refractivity contribution in [2.24, 2.45) is 0 Å². The van der Waals surface area contributed by atoms with Crippen LogP contribution in [0.5, 0.6) is 5.75 Å². The molecular formula is C17H26N2O2. The van der Waals surface area contributed by atoms with Gasteiger partial charge in [0.15, 0.2) is 0 Å². The van der Waals surface area contributed by atoms with Gasteiger partial charge in [0.1, 0.15) is 5.75 Å². The Morgan fingerprint density at radius 3 is 2.81 bits per heavy atom. The van der Waals surface area contributed by atoms with Crippen molar-refractivity contribution in [1.29, 1.82) is 0 Å². The molecule has 0 spiro atoms. The van der Waals surface area contributed by atoms with E-state index in [9.17, 15) is 4.79 Å². The van der Waals surface area contributed by atoms with Crippen molar-refractivity contribution in [2.45, 2.75) is 58.7 Å². The van der Waals surface area contributed by atoms with E-state index in [0.29, 0.717) is 25.1 Å². The first-order valence-corrected chi connectivity index (χ1v) is 7.80. The first kappa shape index (κ1) is 15.8. The highest BCUT2D eigenvalue weighted by molar-refractivity contribution is 5.76. The van der Waals surface area contributed by atoms with Gasteiger partial charge in [0.2, 0.25) is 5.91 Å². The van der Waals surface area contributed by atoms with E-state index in [0.717, 1.165) is 36.3 Å². The molecular weight excluding hydrogens is 264 g/mol. The number of benzene rings is 1. The van der Waals surface area contributed by atoms with Gasteiger partial charge in [0.05, 0.1) is 13.0 Å². The van der Waals surface area contributed by atoms with Crippen molar-refractivity contribution in [3.8, 4) is 5.75 Å². The van der Waals surface area contributed by atoms with Crippen molar-refractivity contribution in [1.82, 2.24) is 10.6 Å². The lowest BCUT2D eigenvalue weighted by Gasteiger charge is -2.16. The molecule has 0 bridgehead atoms. The molecule has 1 fully saturated rings.